The summed E-state index contributed by atoms with van der Waals surface area (Å²) in [4.78, 5) is 0. The molecule has 1 rings (SSSR count). The van der Waals surface area contributed by atoms with E-state index in [-0.39, 0.29) is 0 Å². The molecule has 68 valence electrons. The zero-order chi connectivity index (χ0) is 9.68. The summed E-state index contributed by atoms with van der Waals surface area (Å²) < 4.78 is 0. The molecule has 0 spiro atoms. The predicted octanol–water partition coefficient (Wildman–Crippen LogP) is 2.05. The summed E-state index contributed by atoms with van der Waals surface area (Å²) in [5.41, 5.74) is 1.12. The predicted molar refractivity (Wildman–Crippen MR) is 58.9 cm³/mol. The molecular weight excluding hydrogens is 221 g/mol. The Morgan fingerprint density at radius 3 is 2.62 bits per heavy atom. The Labute approximate surface area is 88.9 Å². The SMILES string of the molecule is N#CCCc1ccccc1[SiH](Cl)Cl. The van der Waals surface area contributed by atoms with Crippen LogP contribution >= 0.6 is 22.2 Å². The van der Waals surface area contributed by atoms with E-state index in [1.165, 1.54) is 0 Å². The Morgan fingerprint density at radius 1 is 1.31 bits per heavy atom. The van der Waals surface area contributed by atoms with Crippen LogP contribution in [0.15, 0.2) is 24.3 Å². The highest BCUT2D eigenvalue weighted by atomic mass is 35.7. The molecule has 1 aromatic carbocycles. The third-order valence-corrected chi connectivity index (χ3v) is 4.24. The third-order valence-electron chi connectivity index (χ3n) is 1.80. The maximum Gasteiger partial charge on any atom is 0.266 e. The summed E-state index contributed by atoms with van der Waals surface area (Å²) in [6.45, 7) is 0. The number of nitrogens with zero attached hydrogens (tertiary/aromatic N) is 1. The number of rotatable bonds is 3. The first-order valence-electron chi connectivity index (χ1n) is 3.98. The number of benzene rings is 1. The van der Waals surface area contributed by atoms with Crippen molar-refractivity contribution >= 4 is 34.8 Å². The largest absolute Gasteiger partial charge is 0.266 e. The summed E-state index contributed by atoms with van der Waals surface area (Å²) in [6.07, 6.45) is 1.27. The lowest BCUT2D eigenvalue weighted by molar-refractivity contribution is 1.02. The van der Waals surface area contributed by atoms with E-state index in [2.05, 4.69) is 6.07 Å². The summed E-state index contributed by atoms with van der Waals surface area (Å²) >= 11 is 11.8. The molecule has 0 heterocycles. The van der Waals surface area contributed by atoms with Gasteiger partial charge in [0.2, 0.25) is 0 Å². The minimum atomic E-state index is -1.78. The molecule has 0 radical (unpaired) electrons. The van der Waals surface area contributed by atoms with Crippen molar-refractivity contribution in [2.45, 2.75) is 12.8 Å². The second-order valence-corrected chi connectivity index (χ2v) is 7.17. The standard InChI is InChI=1S/C9H9Cl2NSi/c10-13(11)9-6-2-1-4-8(9)5-3-7-12/h1-2,4,6,13H,3,5H2. The molecule has 0 fully saturated rings. The Kier molecular flexibility index (Phi) is 4.30. The molecule has 0 aliphatic heterocycles. The molecule has 0 saturated carbocycles. The van der Waals surface area contributed by atoms with Crippen LogP contribution in [-0.2, 0) is 6.42 Å². The monoisotopic (exact) mass is 229 g/mol. The van der Waals surface area contributed by atoms with Gasteiger partial charge in [0.15, 0.2) is 0 Å². The van der Waals surface area contributed by atoms with Crippen LogP contribution in [-0.4, -0.2) is 7.42 Å². The van der Waals surface area contributed by atoms with E-state index >= 15 is 0 Å². The zero-order valence-corrected chi connectivity index (χ0v) is 9.67. The topological polar surface area (TPSA) is 23.8 Å². The van der Waals surface area contributed by atoms with Gasteiger partial charge in [0.05, 0.1) is 6.07 Å². The first-order valence-corrected chi connectivity index (χ1v) is 8.05. The Morgan fingerprint density at radius 2 is 2.00 bits per heavy atom. The fourth-order valence-electron chi connectivity index (χ4n) is 1.17. The smallest absolute Gasteiger partial charge is 0.198 e. The quantitative estimate of drug-likeness (QED) is 0.576. The van der Waals surface area contributed by atoms with Gasteiger partial charge in [-0.05, 0) is 17.2 Å². The van der Waals surface area contributed by atoms with Gasteiger partial charge in [-0.25, -0.2) is 0 Å². The van der Waals surface area contributed by atoms with E-state index < -0.39 is 7.42 Å². The van der Waals surface area contributed by atoms with Crippen LogP contribution in [0.5, 0.6) is 0 Å². The lowest BCUT2D eigenvalue weighted by Crippen LogP contribution is -2.22. The van der Waals surface area contributed by atoms with Gasteiger partial charge in [0.25, 0.3) is 7.42 Å². The zero-order valence-electron chi connectivity index (χ0n) is 7.00. The number of halogens is 2. The molecule has 0 amide bonds. The second kappa shape index (κ2) is 5.28. The van der Waals surface area contributed by atoms with Gasteiger partial charge in [0, 0.05) is 6.42 Å². The fraction of sp³-hybridized carbons (Fsp3) is 0.222. The molecule has 0 aliphatic rings. The van der Waals surface area contributed by atoms with Gasteiger partial charge in [-0.3, -0.25) is 0 Å². The molecule has 1 nitrogen and oxygen atoms in total. The maximum absolute atomic E-state index is 8.45. The van der Waals surface area contributed by atoms with E-state index in [0.29, 0.717) is 6.42 Å². The summed E-state index contributed by atoms with van der Waals surface area (Å²) in [7, 11) is -1.78. The molecule has 0 bridgehead atoms. The van der Waals surface area contributed by atoms with Crippen LogP contribution < -0.4 is 5.19 Å². The molecule has 0 unspecified atom stereocenters. The van der Waals surface area contributed by atoms with Crippen LogP contribution in [0.2, 0.25) is 0 Å². The minimum Gasteiger partial charge on any atom is -0.198 e. The van der Waals surface area contributed by atoms with Crippen molar-refractivity contribution < 1.29 is 0 Å². The van der Waals surface area contributed by atoms with Crippen molar-refractivity contribution in [1.29, 1.82) is 5.26 Å². The van der Waals surface area contributed by atoms with Crippen LogP contribution in [0.4, 0.5) is 0 Å². The van der Waals surface area contributed by atoms with Gasteiger partial charge in [-0.2, -0.15) is 5.26 Å². The van der Waals surface area contributed by atoms with Gasteiger partial charge in [-0.1, -0.05) is 24.3 Å². The third kappa shape index (κ3) is 3.04. The van der Waals surface area contributed by atoms with Gasteiger partial charge in [-0.15, -0.1) is 22.2 Å². The average molecular weight is 230 g/mol. The Bertz CT molecular complexity index is 320. The molecule has 13 heavy (non-hydrogen) atoms. The number of aryl methyl sites for hydroxylation is 1. The van der Waals surface area contributed by atoms with Crippen molar-refractivity contribution in [2.24, 2.45) is 0 Å². The molecule has 1 aromatic rings. The Balaban J connectivity index is 2.86. The van der Waals surface area contributed by atoms with E-state index in [0.717, 1.165) is 17.2 Å². The van der Waals surface area contributed by atoms with Gasteiger partial charge >= 0.3 is 0 Å². The Hall–Kier alpha value is -0.493. The van der Waals surface area contributed by atoms with Gasteiger partial charge < -0.3 is 0 Å². The molecule has 0 aliphatic carbocycles. The normalized spacial score (nSPS) is 10.0. The summed E-state index contributed by atoms with van der Waals surface area (Å²) in [6, 6.07) is 9.91. The second-order valence-electron chi connectivity index (χ2n) is 2.66. The van der Waals surface area contributed by atoms with Crippen molar-refractivity contribution in [3.63, 3.8) is 0 Å². The average Bonchev–Trinajstić information content (AvgIpc) is 2.15. The van der Waals surface area contributed by atoms with Crippen LogP contribution in [0.25, 0.3) is 0 Å². The number of hydrogen-bond acceptors (Lipinski definition) is 1. The van der Waals surface area contributed by atoms with Crippen LogP contribution in [0.3, 0.4) is 0 Å². The van der Waals surface area contributed by atoms with Crippen molar-refractivity contribution in [3.8, 4) is 6.07 Å². The van der Waals surface area contributed by atoms with Crippen LogP contribution in [0.1, 0.15) is 12.0 Å². The van der Waals surface area contributed by atoms with E-state index in [1.807, 2.05) is 24.3 Å². The highest BCUT2D eigenvalue weighted by Gasteiger charge is 2.10. The first kappa shape index (κ1) is 10.6. The highest BCUT2D eigenvalue weighted by Crippen LogP contribution is 2.05. The van der Waals surface area contributed by atoms with Crippen molar-refractivity contribution in [1.82, 2.24) is 0 Å². The lowest BCUT2D eigenvalue weighted by atomic mass is 10.1. The van der Waals surface area contributed by atoms with E-state index in [1.54, 1.807) is 0 Å². The van der Waals surface area contributed by atoms with Crippen molar-refractivity contribution in [3.05, 3.63) is 29.8 Å². The maximum atomic E-state index is 8.45. The molecule has 0 aromatic heterocycles. The minimum absolute atomic E-state index is 0.520. The molecule has 0 N–H and O–H groups in total. The number of hydrogen-bond donors (Lipinski definition) is 0. The van der Waals surface area contributed by atoms with Gasteiger partial charge in [0.1, 0.15) is 0 Å². The molecule has 0 saturated heterocycles. The number of nitriles is 1. The molecular formula is C9H9Cl2NSi. The highest BCUT2D eigenvalue weighted by molar-refractivity contribution is 7.39. The molecule has 4 heteroatoms. The fourth-order valence-corrected chi connectivity index (χ4v) is 3.22. The van der Waals surface area contributed by atoms with Crippen LogP contribution in [0, 0.1) is 11.3 Å². The van der Waals surface area contributed by atoms with Crippen molar-refractivity contribution in [2.75, 3.05) is 0 Å². The summed E-state index contributed by atoms with van der Waals surface area (Å²) in [5.74, 6) is 0. The lowest BCUT2D eigenvalue weighted by Gasteiger charge is -2.06. The molecule has 0 atom stereocenters. The van der Waals surface area contributed by atoms with E-state index in [9.17, 15) is 0 Å². The summed E-state index contributed by atoms with van der Waals surface area (Å²) in [5, 5.41) is 9.50. The first-order chi connectivity index (χ1) is 6.25. The van der Waals surface area contributed by atoms with E-state index in [4.69, 9.17) is 27.4 Å².